The molecule has 5 atom stereocenters. The lowest BCUT2D eigenvalue weighted by molar-refractivity contribution is -0.190. The van der Waals surface area contributed by atoms with Crippen molar-refractivity contribution in [1.29, 1.82) is 0 Å². The molecule has 0 radical (unpaired) electrons. The summed E-state index contributed by atoms with van der Waals surface area (Å²) in [6.45, 7) is 3.06. The number of halogens is 3. The van der Waals surface area contributed by atoms with Crippen LogP contribution < -0.4 is 0 Å². The highest BCUT2D eigenvalue weighted by molar-refractivity contribution is 9.10. The van der Waals surface area contributed by atoms with Crippen molar-refractivity contribution < 1.29 is 27.8 Å². The molecular formula is C19H20BrF2NO4. The third kappa shape index (κ3) is 3.17. The van der Waals surface area contributed by atoms with Gasteiger partial charge in [-0.25, -0.2) is 8.78 Å². The van der Waals surface area contributed by atoms with Gasteiger partial charge in [-0.3, -0.25) is 14.6 Å². The smallest absolute Gasteiger partial charge is 0.324 e. The summed E-state index contributed by atoms with van der Waals surface area (Å²) in [5, 5.41) is 0. The summed E-state index contributed by atoms with van der Waals surface area (Å²) in [6.07, 6.45) is 3.26. The molecule has 146 valence electrons. The van der Waals surface area contributed by atoms with Crippen molar-refractivity contribution in [2.24, 2.45) is 23.2 Å². The number of nitrogens with zero attached hydrogens (tertiary/aromatic N) is 1. The number of fused-ring (bicyclic) bond motifs is 1. The maximum atomic E-state index is 14.8. The van der Waals surface area contributed by atoms with Crippen molar-refractivity contribution in [1.82, 2.24) is 4.98 Å². The number of aromatic nitrogens is 1. The fourth-order valence-electron chi connectivity index (χ4n) is 4.30. The van der Waals surface area contributed by atoms with Crippen molar-refractivity contribution in [3.8, 4) is 0 Å². The molecule has 1 aromatic heterocycles. The zero-order valence-corrected chi connectivity index (χ0v) is 16.7. The van der Waals surface area contributed by atoms with Gasteiger partial charge in [-0.15, -0.1) is 0 Å². The fourth-order valence-corrected chi connectivity index (χ4v) is 4.53. The van der Waals surface area contributed by atoms with Crippen molar-refractivity contribution in [2.75, 3.05) is 7.11 Å². The molecule has 5 nitrogen and oxygen atoms in total. The maximum absolute atomic E-state index is 14.8. The summed E-state index contributed by atoms with van der Waals surface area (Å²) in [5.74, 6) is -7.70. The summed E-state index contributed by atoms with van der Waals surface area (Å²) >= 11 is 3.29. The van der Waals surface area contributed by atoms with Crippen molar-refractivity contribution in [3.63, 3.8) is 0 Å². The first-order valence-corrected chi connectivity index (χ1v) is 9.40. The van der Waals surface area contributed by atoms with Crippen LogP contribution in [-0.2, 0) is 19.1 Å². The molecule has 0 bridgehead atoms. The molecule has 1 aromatic rings. The minimum Gasteiger partial charge on any atom is -0.468 e. The van der Waals surface area contributed by atoms with Crippen molar-refractivity contribution in [3.05, 3.63) is 34.6 Å². The second-order valence-corrected chi connectivity index (χ2v) is 8.08. The van der Waals surface area contributed by atoms with E-state index in [-0.39, 0.29) is 0 Å². The Labute approximate surface area is 164 Å². The van der Waals surface area contributed by atoms with Crippen LogP contribution in [0.15, 0.2) is 28.9 Å². The van der Waals surface area contributed by atoms with Gasteiger partial charge < -0.3 is 9.47 Å². The molecule has 1 saturated heterocycles. The van der Waals surface area contributed by atoms with Crippen molar-refractivity contribution in [2.45, 2.75) is 32.3 Å². The van der Waals surface area contributed by atoms with Gasteiger partial charge in [0, 0.05) is 28.9 Å². The monoisotopic (exact) mass is 443 g/mol. The molecule has 2 fully saturated rings. The minimum atomic E-state index is -3.23. The summed E-state index contributed by atoms with van der Waals surface area (Å²) in [7, 11) is 1.09. The number of alkyl halides is 2. The summed E-state index contributed by atoms with van der Waals surface area (Å²) in [4.78, 5) is 29.2. The van der Waals surface area contributed by atoms with E-state index in [4.69, 9.17) is 9.47 Å². The van der Waals surface area contributed by atoms with E-state index in [0.29, 0.717) is 5.69 Å². The number of cyclic esters (lactones) is 1. The predicted molar refractivity (Wildman–Crippen MR) is 96.7 cm³/mol. The van der Waals surface area contributed by atoms with Gasteiger partial charge in [0.1, 0.15) is 6.10 Å². The summed E-state index contributed by atoms with van der Waals surface area (Å²) in [5.41, 5.74) is -1.41. The van der Waals surface area contributed by atoms with Gasteiger partial charge in [-0.2, -0.15) is 0 Å². The molecule has 0 amide bonds. The largest absolute Gasteiger partial charge is 0.468 e. The Balaban J connectivity index is 2.06. The van der Waals surface area contributed by atoms with Crippen LogP contribution in [0.2, 0.25) is 0 Å². The number of methoxy groups -OCH3 is 1. The third-order valence-corrected chi connectivity index (χ3v) is 6.16. The van der Waals surface area contributed by atoms with E-state index in [9.17, 15) is 18.4 Å². The summed E-state index contributed by atoms with van der Waals surface area (Å²) in [6, 6.07) is 3.52. The van der Waals surface area contributed by atoms with Gasteiger partial charge in [-0.1, -0.05) is 13.0 Å². The first-order chi connectivity index (χ1) is 12.6. The highest BCUT2D eigenvalue weighted by Gasteiger charge is 2.72. The number of allylic oxidation sites excluding steroid dienone is 1. The molecular weight excluding hydrogens is 424 g/mol. The van der Waals surface area contributed by atoms with Crippen molar-refractivity contribution >= 4 is 33.9 Å². The standard InChI is InChI=1S/C19H20BrF2NO4/c1-10-14(7-6-13-5-4-12(20)8-23-13)15-11(2)27-17(25)18(15,16(24)26-3)9-19(10,21)22/h4-8,10-11,14-15H,9H2,1-3H3/t10-,11+,14-,15-,18+/m0/s1. The number of hydrogen-bond donors (Lipinski definition) is 0. The van der Waals surface area contributed by atoms with Gasteiger partial charge in [0.2, 0.25) is 0 Å². The normalized spacial score (nSPS) is 35.0. The van der Waals surface area contributed by atoms with Gasteiger partial charge in [0.25, 0.3) is 5.92 Å². The van der Waals surface area contributed by atoms with Crippen LogP contribution in [0.5, 0.6) is 0 Å². The molecule has 0 unspecified atom stereocenters. The number of carbonyl (C=O) groups is 2. The molecule has 2 heterocycles. The topological polar surface area (TPSA) is 65.5 Å². The van der Waals surface area contributed by atoms with E-state index >= 15 is 0 Å². The average molecular weight is 444 g/mol. The van der Waals surface area contributed by atoms with Crippen LogP contribution in [0.1, 0.15) is 26.0 Å². The van der Waals surface area contributed by atoms with Gasteiger partial charge in [0.15, 0.2) is 5.41 Å². The van der Waals surface area contributed by atoms with E-state index in [1.165, 1.54) is 6.92 Å². The highest BCUT2D eigenvalue weighted by Crippen LogP contribution is 2.59. The Morgan fingerprint density at radius 3 is 2.70 bits per heavy atom. The fraction of sp³-hybridized carbons (Fsp3) is 0.526. The number of hydrogen-bond acceptors (Lipinski definition) is 5. The Hall–Kier alpha value is -1.83. The Kier molecular flexibility index (Phi) is 5.14. The van der Waals surface area contributed by atoms with Crippen LogP contribution in [-0.4, -0.2) is 36.1 Å². The van der Waals surface area contributed by atoms with E-state index in [1.54, 1.807) is 37.4 Å². The molecule has 27 heavy (non-hydrogen) atoms. The minimum absolute atomic E-state index is 0.584. The molecule has 8 heteroatoms. The van der Waals surface area contributed by atoms with Crippen LogP contribution in [0.25, 0.3) is 6.08 Å². The summed E-state index contributed by atoms with van der Waals surface area (Å²) < 4.78 is 40.5. The molecule has 1 aliphatic heterocycles. The number of ether oxygens (including phenoxy) is 2. The van der Waals surface area contributed by atoms with E-state index in [1.807, 2.05) is 0 Å². The van der Waals surface area contributed by atoms with Gasteiger partial charge in [0.05, 0.1) is 12.8 Å². The quantitative estimate of drug-likeness (QED) is 0.523. The Morgan fingerprint density at radius 2 is 2.11 bits per heavy atom. The van der Waals surface area contributed by atoms with Gasteiger partial charge >= 0.3 is 11.9 Å². The highest BCUT2D eigenvalue weighted by atomic mass is 79.9. The van der Waals surface area contributed by atoms with Crippen LogP contribution in [0.3, 0.4) is 0 Å². The molecule has 0 spiro atoms. The van der Waals surface area contributed by atoms with Crippen LogP contribution in [0, 0.1) is 23.2 Å². The predicted octanol–water partition coefficient (Wildman–Crippen LogP) is 3.87. The lowest BCUT2D eigenvalue weighted by Crippen LogP contribution is -2.57. The maximum Gasteiger partial charge on any atom is 0.324 e. The first-order valence-electron chi connectivity index (χ1n) is 8.60. The van der Waals surface area contributed by atoms with E-state index in [0.717, 1.165) is 11.6 Å². The lowest BCUT2D eigenvalue weighted by atomic mass is 9.56. The third-order valence-electron chi connectivity index (χ3n) is 5.69. The number of carbonyl (C=O) groups excluding carboxylic acids is 2. The average Bonchev–Trinajstić information content (AvgIpc) is 2.86. The number of rotatable bonds is 3. The van der Waals surface area contributed by atoms with Crippen LogP contribution >= 0.6 is 15.9 Å². The zero-order valence-electron chi connectivity index (χ0n) is 15.1. The lowest BCUT2D eigenvalue weighted by Gasteiger charge is -2.46. The van der Waals surface area contributed by atoms with Crippen LogP contribution in [0.4, 0.5) is 8.78 Å². The number of pyridine rings is 1. The molecule has 0 N–H and O–H groups in total. The van der Waals surface area contributed by atoms with E-state index in [2.05, 4.69) is 20.9 Å². The van der Waals surface area contributed by atoms with E-state index < -0.39 is 53.6 Å². The molecule has 2 aliphatic rings. The molecule has 1 saturated carbocycles. The Bertz CT molecular complexity index is 772. The second-order valence-electron chi connectivity index (χ2n) is 7.16. The molecule has 3 rings (SSSR count). The van der Waals surface area contributed by atoms with Gasteiger partial charge in [-0.05, 0) is 47.0 Å². The second kappa shape index (κ2) is 6.96. The molecule has 0 aromatic carbocycles. The molecule has 1 aliphatic carbocycles. The zero-order chi connectivity index (χ0) is 20.0. The SMILES string of the molecule is COC(=O)[C@@]12CC(F)(F)[C@@H](C)[C@H](C=Cc3ccc(Br)cn3)[C@@H]1[C@@H](C)OC2=O. The Morgan fingerprint density at radius 1 is 1.41 bits per heavy atom. The first kappa shape index (κ1) is 19.9. The number of esters is 2.